The number of nitrogens with zero attached hydrogens (tertiary/aromatic N) is 1. The summed E-state index contributed by atoms with van der Waals surface area (Å²) in [6.45, 7) is 0.348. The predicted octanol–water partition coefficient (Wildman–Crippen LogP) is 2.37. The molecular formula is C20H22N2O3. The van der Waals surface area contributed by atoms with E-state index in [-0.39, 0.29) is 12.2 Å². The lowest BCUT2D eigenvalue weighted by molar-refractivity contribution is 0.0900. The van der Waals surface area contributed by atoms with Crippen LogP contribution in [0, 0.1) is 0 Å². The largest absolute Gasteiger partial charge is 0.394 e. The molecule has 130 valence electrons. The molecule has 3 aromatic rings. The molecule has 1 heterocycles. The first-order valence-corrected chi connectivity index (χ1v) is 8.31. The maximum absolute atomic E-state index is 12.5. The lowest BCUT2D eigenvalue weighted by atomic mass is 10.1. The number of aromatic nitrogens is 1. The topological polar surface area (TPSA) is 76.6 Å². The van der Waals surface area contributed by atoms with Gasteiger partial charge < -0.3 is 20.1 Å². The maximum atomic E-state index is 12.5. The zero-order valence-corrected chi connectivity index (χ0v) is 14.1. The van der Waals surface area contributed by atoms with Gasteiger partial charge in [-0.3, -0.25) is 4.79 Å². The van der Waals surface area contributed by atoms with Crippen LogP contribution in [0.15, 0.2) is 59.4 Å². The molecule has 5 nitrogen and oxygen atoms in total. The Bertz CT molecular complexity index is 906. The van der Waals surface area contributed by atoms with Crippen molar-refractivity contribution in [3.8, 4) is 11.3 Å². The molecule has 0 unspecified atom stereocenters. The van der Waals surface area contributed by atoms with E-state index in [1.807, 2.05) is 66.5 Å². The minimum Gasteiger partial charge on any atom is -0.394 e. The molecule has 1 aromatic heterocycles. The number of rotatable bonds is 6. The van der Waals surface area contributed by atoms with Crippen LogP contribution in [0.5, 0.6) is 0 Å². The molecule has 0 saturated carbocycles. The van der Waals surface area contributed by atoms with Gasteiger partial charge in [0, 0.05) is 30.4 Å². The minimum absolute atomic E-state index is 0.123. The van der Waals surface area contributed by atoms with Gasteiger partial charge in [-0.25, -0.2) is 0 Å². The first kappa shape index (κ1) is 17.2. The normalized spacial score (nSPS) is 12.3. The van der Waals surface area contributed by atoms with Gasteiger partial charge in [0.05, 0.1) is 12.7 Å². The number of benzene rings is 2. The molecule has 25 heavy (non-hydrogen) atoms. The van der Waals surface area contributed by atoms with Crippen molar-refractivity contribution in [2.45, 2.75) is 12.5 Å². The maximum Gasteiger partial charge on any atom is 0.256 e. The summed E-state index contributed by atoms with van der Waals surface area (Å²) in [4.78, 5) is 17.4. The van der Waals surface area contributed by atoms with Gasteiger partial charge in [0.1, 0.15) is 0 Å². The third kappa shape index (κ3) is 3.90. The molecule has 0 fully saturated rings. The second-order valence-corrected chi connectivity index (χ2v) is 6.20. The summed E-state index contributed by atoms with van der Waals surface area (Å²) < 4.78 is 0. The van der Waals surface area contributed by atoms with Crippen LogP contribution in [0.25, 0.3) is 22.0 Å². The lowest BCUT2D eigenvalue weighted by Gasteiger charge is -2.21. The second kappa shape index (κ2) is 7.51. The van der Waals surface area contributed by atoms with E-state index in [9.17, 15) is 9.90 Å². The minimum atomic E-state index is -0.722. The van der Waals surface area contributed by atoms with Gasteiger partial charge in [-0.2, -0.15) is 0 Å². The summed E-state index contributed by atoms with van der Waals surface area (Å²) in [6.07, 6.45) is -0.256. The molecule has 0 aliphatic heterocycles. The van der Waals surface area contributed by atoms with Crippen molar-refractivity contribution in [2.75, 3.05) is 25.1 Å². The molecule has 2 aromatic carbocycles. The highest BCUT2D eigenvalue weighted by Gasteiger charge is 2.09. The molecule has 1 atom stereocenters. The van der Waals surface area contributed by atoms with Crippen LogP contribution in [0.2, 0.25) is 0 Å². The smallest absolute Gasteiger partial charge is 0.256 e. The Morgan fingerprint density at radius 1 is 1.12 bits per heavy atom. The van der Waals surface area contributed by atoms with Crippen LogP contribution in [-0.4, -0.2) is 41.5 Å². The summed E-state index contributed by atoms with van der Waals surface area (Å²) in [6, 6.07) is 17.5. The van der Waals surface area contributed by atoms with Crippen molar-refractivity contribution >= 4 is 16.5 Å². The molecular weight excluding hydrogens is 316 g/mol. The SMILES string of the molecule is CN(CC[C@H](O)CO)c1ccc2cc(-c3ccccc3)[nH]c(=O)c2c1. The number of aromatic amines is 1. The van der Waals surface area contributed by atoms with Crippen molar-refractivity contribution in [3.63, 3.8) is 0 Å². The number of aliphatic hydroxyl groups is 2. The summed E-state index contributed by atoms with van der Waals surface area (Å²) in [5.41, 5.74) is 2.54. The average molecular weight is 338 g/mol. The van der Waals surface area contributed by atoms with E-state index >= 15 is 0 Å². The van der Waals surface area contributed by atoms with Crippen molar-refractivity contribution in [2.24, 2.45) is 0 Å². The summed E-state index contributed by atoms with van der Waals surface area (Å²) >= 11 is 0. The van der Waals surface area contributed by atoms with Gasteiger partial charge in [-0.05, 0) is 35.6 Å². The number of nitrogens with one attached hydrogen (secondary N) is 1. The van der Waals surface area contributed by atoms with Crippen LogP contribution < -0.4 is 10.5 Å². The molecule has 5 heteroatoms. The highest BCUT2D eigenvalue weighted by molar-refractivity contribution is 5.87. The highest BCUT2D eigenvalue weighted by atomic mass is 16.3. The van der Waals surface area contributed by atoms with Crippen molar-refractivity contribution in [3.05, 3.63) is 65.0 Å². The van der Waals surface area contributed by atoms with Crippen molar-refractivity contribution in [1.82, 2.24) is 4.98 Å². The molecule has 3 rings (SSSR count). The average Bonchev–Trinajstić information content (AvgIpc) is 2.66. The number of fused-ring (bicyclic) bond motifs is 1. The fourth-order valence-corrected chi connectivity index (χ4v) is 2.82. The van der Waals surface area contributed by atoms with E-state index < -0.39 is 6.10 Å². The monoisotopic (exact) mass is 338 g/mol. The van der Waals surface area contributed by atoms with E-state index in [0.29, 0.717) is 18.4 Å². The molecule has 0 spiro atoms. The van der Waals surface area contributed by atoms with Crippen LogP contribution in [0.1, 0.15) is 6.42 Å². The van der Waals surface area contributed by atoms with Crippen LogP contribution in [0.4, 0.5) is 5.69 Å². The predicted molar refractivity (Wildman–Crippen MR) is 101 cm³/mol. The Labute approximate surface area is 146 Å². The number of anilines is 1. The van der Waals surface area contributed by atoms with Crippen molar-refractivity contribution in [1.29, 1.82) is 0 Å². The van der Waals surface area contributed by atoms with Crippen molar-refractivity contribution < 1.29 is 10.2 Å². The Morgan fingerprint density at radius 3 is 2.60 bits per heavy atom. The molecule has 3 N–H and O–H groups in total. The zero-order valence-electron chi connectivity index (χ0n) is 14.1. The van der Waals surface area contributed by atoms with Gasteiger partial charge in [-0.15, -0.1) is 0 Å². The Hall–Kier alpha value is -2.63. The Kier molecular flexibility index (Phi) is 5.16. The van der Waals surface area contributed by atoms with E-state index in [0.717, 1.165) is 22.3 Å². The molecule has 0 radical (unpaired) electrons. The third-order valence-corrected chi connectivity index (χ3v) is 4.36. The quantitative estimate of drug-likeness (QED) is 0.645. The number of pyridine rings is 1. The van der Waals surface area contributed by atoms with Gasteiger partial charge in [-0.1, -0.05) is 36.4 Å². The van der Waals surface area contributed by atoms with E-state index in [4.69, 9.17) is 5.11 Å². The molecule has 0 amide bonds. The first-order valence-electron chi connectivity index (χ1n) is 8.31. The van der Waals surface area contributed by atoms with E-state index in [1.165, 1.54) is 0 Å². The number of H-pyrrole nitrogens is 1. The fourth-order valence-electron chi connectivity index (χ4n) is 2.82. The van der Waals surface area contributed by atoms with E-state index in [1.54, 1.807) is 0 Å². The third-order valence-electron chi connectivity index (χ3n) is 4.36. The standard InChI is InChI=1S/C20H22N2O3/c1-22(10-9-17(24)13-23)16-8-7-15-11-19(14-5-3-2-4-6-14)21-20(25)18(15)12-16/h2-8,11-12,17,23-24H,9-10,13H2,1H3,(H,21,25)/t17-/m0/s1. The summed E-state index contributed by atoms with van der Waals surface area (Å²) in [5.74, 6) is 0. The first-order chi connectivity index (χ1) is 12.1. The molecule has 0 saturated heterocycles. The van der Waals surface area contributed by atoms with Crippen LogP contribution >= 0.6 is 0 Å². The number of hydrogen-bond acceptors (Lipinski definition) is 4. The van der Waals surface area contributed by atoms with E-state index in [2.05, 4.69) is 4.98 Å². The Balaban J connectivity index is 1.91. The highest BCUT2D eigenvalue weighted by Crippen LogP contribution is 2.23. The molecule has 0 aliphatic carbocycles. The lowest BCUT2D eigenvalue weighted by Crippen LogP contribution is -2.24. The van der Waals surface area contributed by atoms with Gasteiger partial charge in [0.2, 0.25) is 0 Å². The summed E-state index contributed by atoms with van der Waals surface area (Å²) in [5, 5.41) is 19.9. The van der Waals surface area contributed by atoms with Gasteiger partial charge in [0.15, 0.2) is 0 Å². The van der Waals surface area contributed by atoms with Crippen LogP contribution in [-0.2, 0) is 0 Å². The van der Waals surface area contributed by atoms with Gasteiger partial charge in [0.25, 0.3) is 5.56 Å². The second-order valence-electron chi connectivity index (χ2n) is 6.20. The molecule has 0 aliphatic rings. The van der Waals surface area contributed by atoms with Gasteiger partial charge >= 0.3 is 0 Å². The Morgan fingerprint density at radius 2 is 1.88 bits per heavy atom. The number of hydrogen-bond donors (Lipinski definition) is 3. The zero-order chi connectivity index (χ0) is 17.8. The van der Waals surface area contributed by atoms with Crippen LogP contribution in [0.3, 0.4) is 0 Å². The molecule has 0 bridgehead atoms. The number of aliphatic hydroxyl groups excluding tert-OH is 2. The summed E-state index contributed by atoms with van der Waals surface area (Å²) in [7, 11) is 1.90. The fraction of sp³-hybridized carbons (Fsp3) is 0.250.